The van der Waals surface area contributed by atoms with Gasteiger partial charge in [-0.1, -0.05) is 43.0 Å². The summed E-state index contributed by atoms with van der Waals surface area (Å²) in [7, 11) is 4.20. The molecule has 240 valence electrons. The number of likely N-dealkylation sites (N-methyl/N-ethyl adjacent to an activating group) is 1. The Balaban J connectivity index is 1.55. The number of allylic oxidation sites excluding steroid dienone is 5. The Labute approximate surface area is 268 Å². The molecule has 2 saturated heterocycles. The molecular weight excluding hydrogens is 540 g/mol. The number of nitrogens with one attached hydrogen (secondary N) is 1. The van der Waals surface area contributed by atoms with Crippen LogP contribution in [0, 0.1) is 6.92 Å². The number of nitrogens with zero attached hydrogens (tertiary/aromatic N) is 3. The number of hydrogen-bond acceptors (Lipinski definition) is 5. The Bertz CT molecular complexity index is 1260. The smallest absolute Gasteiger partial charge is 0.0485 e. The fraction of sp³-hybridized carbons (Fsp3) is 0.538. The number of ether oxygens (including phenoxy) is 1. The first-order valence-electron chi connectivity index (χ1n) is 17.0. The zero-order chi connectivity index (χ0) is 31.5. The number of hydrogen-bond donors (Lipinski definition) is 1. The van der Waals surface area contributed by atoms with Gasteiger partial charge in [-0.15, -0.1) is 0 Å². The van der Waals surface area contributed by atoms with Crippen LogP contribution in [0.4, 0.5) is 5.69 Å². The maximum atomic E-state index is 5.74. The van der Waals surface area contributed by atoms with E-state index in [1.165, 1.54) is 50.3 Å². The van der Waals surface area contributed by atoms with Gasteiger partial charge >= 0.3 is 0 Å². The summed E-state index contributed by atoms with van der Waals surface area (Å²) in [5, 5.41) is 3.23. The van der Waals surface area contributed by atoms with Crippen LogP contribution in [0.5, 0.6) is 0 Å². The molecule has 2 aromatic carbocycles. The van der Waals surface area contributed by atoms with Crippen molar-refractivity contribution in [1.29, 1.82) is 0 Å². The first-order chi connectivity index (χ1) is 21.3. The molecule has 0 unspecified atom stereocenters. The first kappa shape index (κ1) is 34.0. The molecule has 2 heterocycles. The van der Waals surface area contributed by atoms with Crippen LogP contribution in [0.2, 0.25) is 0 Å². The Morgan fingerprint density at radius 2 is 1.73 bits per heavy atom. The van der Waals surface area contributed by atoms with Crippen LogP contribution < -0.4 is 10.2 Å². The van der Waals surface area contributed by atoms with E-state index in [4.69, 9.17) is 4.74 Å². The lowest BCUT2D eigenvalue weighted by molar-refractivity contribution is 0.0846. The number of piperazine rings is 1. The molecule has 1 N–H and O–H groups in total. The van der Waals surface area contributed by atoms with Gasteiger partial charge in [0.2, 0.25) is 0 Å². The lowest BCUT2D eigenvalue weighted by Gasteiger charge is -2.37. The van der Waals surface area contributed by atoms with E-state index in [1.807, 2.05) is 13.1 Å². The minimum atomic E-state index is 0.541. The van der Waals surface area contributed by atoms with E-state index < -0.39 is 0 Å². The Morgan fingerprint density at radius 1 is 1.02 bits per heavy atom. The molecule has 4 rings (SSSR count). The molecule has 0 saturated carbocycles. The third kappa shape index (κ3) is 9.32. The summed E-state index contributed by atoms with van der Waals surface area (Å²) in [6.45, 7) is 21.5. The molecule has 2 aliphatic rings. The number of aryl methyl sites for hydroxylation is 1. The number of anilines is 1. The average Bonchev–Trinajstić information content (AvgIpc) is 3.04. The van der Waals surface area contributed by atoms with Crippen molar-refractivity contribution in [3.05, 3.63) is 88.7 Å². The Hall–Kier alpha value is -2.86. The van der Waals surface area contributed by atoms with Crippen molar-refractivity contribution in [3.8, 4) is 11.1 Å². The zero-order valence-electron chi connectivity index (χ0n) is 28.6. The molecule has 2 aromatic rings. The molecular formula is C39H58N4O. The number of rotatable bonds is 14. The van der Waals surface area contributed by atoms with Crippen molar-refractivity contribution in [2.75, 3.05) is 64.9 Å². The summed E-state index contributed by atoms with van der Waals surface area (Å²) in [5.41, 5.74) is 12.2. The van der Waals surface area contributed by atoms with E-state index in [9.17, 15) is 0 Å². The van der Waals surface area contributed by atoms with Crippen LogP contribution >= 0.6 is 0 Å². The van der Waals surface area contributed by atoms with Crippen molar-refractivity contribution < 1.29 is 4.74 Å². The normalized spacial score (nSPS) is 17.8. The second-order valence-electron chi connectivity index (χ2n) is 12.9. The van der Waals surface area contributed by atoms with Crippen LogP contribution in [0.1, 0.15) is 69.6 Å². The molecule has 44 heavy (non-hydrogen) atoms. The maximum absolute atomic E-state index is 5.74. The average molecular weight is 599 g/mol. The summed E-state index contributed by atoms with van der Waals surface area (Å²) in [6, 6.07) is 14.9. The van der Waals surface area contributed by atoms with Gasteiger partial charge in [-0.3, -0.25) is 4.90 Å². The van der Waals surface area contributed by atoms with Gasteiger partial charge in [0, 0.05) is 77.0 Å². The van der Waals surface area contributed by atoms with E-state index in [-0.39, 0.29) is 0 Å². The highest BCUT2D eigenvalue weighted by atomic mass is 16.5. The largest absolute Gasteiger partial charge is 0.392 e. The summed E-state index contributed by atoms with van der Waals surface area (Å²) in [4.78, 5) is 7.66. The second-order valence-corrected chi connectivity index (χ2v) is 12.9. The molecule has 5 heteroatoms. The predicted octanol–water partition coefficient (Wildman–Crippen LogP) is 7.75. The Morgan fingerprint density at radius 3 is 2.36 bits per heavy atom. The lowest BCUT2D eigenvalue weighted by Crippen LogP contribution is -2.43. The molecule has 0 bridgehead atoms. The van der Waals surface area contributed by atoms with Crippen LogP contribution in [0.3, 0.4) is 0 Å². The van der Waals surface area contributed by atoms with E-state index in [1.54, 1.807) is 0 Å². The standard InChI is InChI=1S/C39H58N4O/c1-8-34(30(3)26-31(4)40-6)12-10-11-13-36-27-37(28-39(32(36)5)43(9-2)38-18-24-44-25-19-38)35-16-14-33(15-17-35)29-42-22-20-41(7)21-23-42/h8,14-17,26-28,38,40H,1,9-13,18-25,29H2,2-7H3/b31-26-,34-30+. The maximum Gasteiger partial charge on any atom is 0.0485 e. The van der Waals surface area contributed by atoms with E-state index in [0.29, 0.717) is 6.04 Å². The third-order valence-corrected chi connectivity index (χ3v) is 9.78. The zero-order valence-corrected chi connectivity index (χ0v) is 28.6. The van der Waals surface area contributed by atoms with Crippen LogP contribution in [0.25, 0.3) is 11.1 Å². The van der Waals surface area contributed by atoms with Gasteiger partial charge in [0.25, 0.3) is 0 Å². The van der Waals surface area contributed by atoms with Crippen LogP contribution in [-0.2, 0) is 17.7 Å². The first-order valence-corrected chi connectivity index (χ1v) is 17.0. The van der Waals surface area contributed by atoms with Crippen molar-refractivity contribution in [1.82, 2.24) is 15.1 Å². The summed E-state index contributed by atoms with van der Waals surface area (Å²) >= 11 is 0. The molecule has 0 aliphatic carbocycles. The van der Waals surface area contributed by atoms with Gasteiger partial charge in [-0.25, -0.2) is 0 Å². The van der Waals surface area contributed by atoms with Gasteiger partial charge in [0.05, 0.1) is 0 Å². The topological polar surface area (TPSA) is 31.0 Å². The second kappa shape index (κ2) is 17.0. The van der Waals surface area contributed by atoms with E-state index in [2.05, 4.69) is 104 Å². The third-order valence-electron chi connectivity index (χ3n) is 9.78. The number of unbranched alkanes of at least 4 members (excludes halogenated alkanes) is 1. The molecule has 0 amide bonds. The SMILES string of the molecule is C=C/C(CCCCc1cc(-c2ccc(CN3CCN(C)CC3)cc2)cc(N(CC)C2CCOCC2)c1C)=C(C)\C=C(\C)NC. The van der Waals surface area contributed by atoms with Crippen molar-refractivity contribution in [2.24, 2.45) is 0 Å². The van der Waals surface area contributed by atoms with Crippen molar-refractivity contribution in [2.45, 2.75) is 78.8 Å². The molecule has 0 spiro atoms. The molecule has 2 aliphatic heterocycles. The summed E-state index contributed by atoms with van der Waals surface area (Å²) < 4.78 is 5.74. The predicted molar refractivity (Wildman–Crippen MR) is 190 cm³/mol. The monoisotopic (exact) mass is 598 g/mol. The highest BCUT2D eigenvalue weighted by molar-refractivity contribution is 5.73. The summed E-state index contributed by atoms with van der Waals surface area (Å²) in [5.74, 6) is 0. The van der Waals surface area contributed by atoms with Crippen molar-refractivity contribution in [3.63, 3.8) is 0 Å². The highest BCUT2D eigenvalue weighted by Gasteiger charge is 2.23. The number of benzene rings is 2. The van der Waals surface area contributed by atoms with E-state index in [0.717, 1.165) is 91.0 Å². The highest BCUT2D eigenvalue weighted by Crippen LogP contribution is 2.35. The minimum Gasteiger partial charge on any atom is -0.392 e. The van der Waals surface area contributed by atoms with Crippen LogP contribution in [0.15, 0.2) is 72.0 Å². The quantitative estimate of drug-likeness (QED) is 0.178. The Kier molecular flexibility index (Phi) is 13.1. The fourth-order valence-corrected chi connectivity index (χ4v) is 6.75. The molecule has 0 aromatic heterocycles. The lowest BCUT2D eigenvalue weighted by atomic mass is 9.92. The molecule has 0 radical (unpaired) electrons. The van der Waals surface area contributed by atoms with Gasteiger partial charge in [-0.05, 0) is 124 Å². The van der Waals surface area contributed by atoms with Crippen molar-refractivity contribution >= 4 is 5.69 Å². The molecule has 0 atom stereocenters. The molecule has 2 fully saturated rings. The van der Waals surface area contributed by atoms with Crippen LogP contribution in [-0.4, -0.2) is 75.9 Å². The molecule has 5 nitrogen and oxygen atoms in total. The van der Waals surface area contributed by atoms with Gasteiger partial charge in [0.15, 0.2) is 0 Å². The fourth-order valence-electron chi connectivity index (χ4n) is 6.75. The minimum absolute atomic E-state index is 0.541. The van der Waals surface area contributed by atoms with E-state index >= 15 is 0 Å². The van der Waals surface area contributed by atoms with Gasteiger partial charge in [0.1, 0.15) is 0 Å². The summed E-state index contributed by atoms with van der Waals surface area (Å²) in [6.07, 6.45) is 10.9. The van der Waals surface area contributed by atoms with Gasteiger partial charge in [-0.2, -0.15) is 0 Å². The van der Waals surface area contributed by atoms with Gasteiger partial charge < -0.3 is 19.9 Å².